The number of fused-ring (bicyclic) bond motifs is 1. The molecular weight excluding hydrogens is 490 g/mol. The molecule has 202 valence electrons. The summed E-state index contributed by atoms with van der Waals surface area (Å²) in [6, 6.07) is 9.34. The number of carboxylic acid groups (broad SMARTS) is 1. The van der Waals surface area contributed by atoms with Gasteiger partial charge in [-0.2, -0.15) is 0 Å². The van der Waals surface area contributed by atoms with Crippen LogP contribution in [-0.4, -0.2) is 69.8 Å². The number of nitrogens with one attached hydrogen (secondary N) is 2. The molecule has 5 N–H and O–H groups in total. The molecule has 1 aromatic carbocycles. The molecule has 2 aromatic rings. The first kappa shape index (κ1) is 28.5. The molecule has 0 unspecified atom stereocenters. The number of amides is 4. The highest BCUT2D eigenvalue weighted by Crippen LogP contribution is 2.17. The maximum absolute atomic E-state index is 13.5. The van der Waals surface area contributed by atoms with Gasteiger partial charge in [-0.25, -0.2) is 4.98 Å². The molecule has 38 heavy (non-hydrogen) atoms. The number of carbonyl (C=O) groups is 5. The maximum Gasteiger partial charge on any atom is 0.320 e. The van der Waals surface area contributed by atoms with E-state index in [-0.39, 0.29) is 36.4 Å². The van der Waals surface area contributed by atoms with E-state index in [0.717, 1.165) is 5.56 Å². The van der Waals surface area contributed by atoms with Crippen LogP contribution < -0.4 is 16.4 Å². The first-order chi connectivity index (χ1) is 18.0. The van der Waals surface area contributed by atoms with Gasteiger partial charge in [0.05, 0.1) is 11.6 Å². The van der Waals surface area contributed by atoms with Crippen molar-refractivity contribution in [1.82, 2.24) is 20.5 Å². The third-order valence-electron chi connectivity index (χ3n) is 6.45. The van der Waals surface area contributed by atoms with Gasteiger partial charge in [0, 0.05) is 19.2 Å². The molecule has 1 aromatic heterocycles. The van der Waals surface area contributed by atoms with Crippen molar-refractivity contribution in [3.8, 4) is 0 Å². The number of benzene rings is 1. The topological polar surface area (TPSA) is 172 Å². The Labute approximate surface area is 220 Å². The van der Waals surface area contributed by atoms with Crippen molar-refractivity contribution >= 4 is 29.6 Å². The summed E-state index contributed by atoms with van der Waals surface area (Å²) in [5, 5.41) is 15.0. The van der Waals surface area contributed by atoms with Gasteiger partial charge in [0.2, 0.25) is 11.8 Å². The average Bonchev–Trinajstić information content (AvgIpc) is 3.16. The molecule has 11 heteroatoms. The number of aromatic nitrogens is 1. The van der Waals surface area contributed by atoms with Crippen LogP contribution >= 0.6 is 0 Å². The number of pyridine rings is 1. The van der Waals surface area contributed by atoms with Crippen LogP contribution in [0.4, 0.5) is 0 Å². The summed E-state index contributed by atoms with van der Waals surface area (Å²) in [5.74, 6) is -3.31. The molecular formula is C27H33N5O6. The van der Waals surface area contributed by atoms with Gasteiger partial charge in [0.25, 0.3) is 11.8 Å². The zero-order chi connectivity index (χ0) is 28.0. The summed E-state index contributed by atoms with van der Waals surface area (Å²) in [5.41, 5.74) is 7.11. The standard InChI is InChI=1S/C27H33N5O6/c1-15(2)13-20(26(36)32(3)21(23(28)33)14-16-7-5-4-6-8-16)30-19(27(37)38)12-10-17-9-11-18-22(29-17)25(35)31-24(18)34/h4-9,11,15,19-21,30H,10,12-14H2,1-3H3,(H2,28,33)(H,37,38)(H,31,34,35)/t19-,20+,21+/m1/s1. The Hall–Kier alpha value is -4.12. The van der Waals surface area contributed by atoms with Crippen molar-refractivity contribution in [2.45, 2.75) is 57.7 Å². The molecule has 1 aliphatic heterocycles. The molecule has 4 amide bonds. The molecule has 0 saturated carbocycles. The van der Waals surface area contributed by atoms with Crippen molar-refractivity contribution in [3.63, 3.8) is 0 Å². The second-order valence-corrected chi connectivity index (χ2v) is 9.82. The van der Waals surface area contributed by atoms with E-state index < -0.39 is 47.7 Å². The number of imide groups is 1. The molecule has 0 aliphatic carbocycles. The van der Waals surface area contributed by atoms with E-state index >= 15 is 0 Å². The minimum Gasteiger partial charge on any atom is -0.480 e. The van der Waals surface area contributed by atoms with Crippen LogP contribution in [0.5, 0.6) is 0 Å². The smallest absolute Gasteiger partial charge is 0.320 e. The Morgan fingerprint density at radius 2 is 1.74 bits per heavy atom. The number of nitrogens with zero attached hydrogens (tertiary/aromatic N) is 2. The van der Waals surface area contributed by atoms with E-state index in [0.29, 0.717) is 12.1 Å². The summed E-state index contributed by atoms with van der Waals surface area (Å²) in [6.07, 6.45) is 0.832. The number of primary amides is 1. The third-order valence-corrected chi connectivity index (χ3v) is 6.45. The predicted molar refractivity (Wildman–Crippen MR) is 138 cm³/mol. The van der Waals surface area contributed by atoms with Crippen LogP contribution in [0.1, 0.15) is 58.8 Å². The Bertz CT molecular complexity index is 1220. The number of carbonyl (C=O) groups excluding carboxylic acids is 4. The highest BCUT2D eigenvalue weighted by Gasteiger charge is 2.34. The number of carboxylic acids is 1. The highest BCUT2D eigenvalue weighted by atomic mass is 16.4. The first-order valence-electron chi connectivity index (χ1n) is 12.4. The fourth-order valence-corrected chi connectivity index (χ4v) is 4.41. The Morgan fingerprint density at radius 1 is 1.05 bits per heavy atom. The molecule has 3 rings (SSSR count). The van der Waals surface area contributed by atoms with Crippen LogP contribution in [0.25, 0.3) is 0 Å². The zero-order valence-electron chi connectivity index (χ0n) is 21.6. The number of aryl methyl sites for hydroxylation is 1. The van der Waals surface area contributed by atoms with Gasteiger partial charge in [-0.1, -0.05) is 44.2 Å². The molecule has 0 bridgehead atoms. The molecule has 0 saturated heterocycles. The van der Waals surface area contributed by atoms with Gasteiger partial charge in [-0.15, -0.1) is 0 Å². The SMILES string of the molecule is CC(C)C[C@H](N[C@H](CCc1ccc2c(n1)C(=O)NC2=O)C(=O)O)C(=O)N(C)[C@@H](Cc1ccccc1)C(N)=O. The summed E-state index contributed by atoms with van der Waals surface area (Å²) in [6.45, 7) is 3.82. The van der Waals surface area contributed by atoms with Gasteiger partial charge in [-0.05, 0) is 42.9 Å². The summed E-state index contributed by atoms with van der Waals surface area (Å²) < 4.78 is 0. The molecule has 11 nitrogen and oxygen atoms in total. The second-order valence-electron chi connectivity index (χ2n) is 9.82. The summed E-state index contributed by atoms with van der Waals surface area (Å²) >= 11 is 0. The lowest BCUT2D eigenvalue weighted by Gasteiger charge is -2.32. The molecule has 2 heterocycles. The normalized spacial score (nSPS) is 14.9. The average molecular weight is 524 g/mol. The van der Waals surface area contributed by atoms with Gasteiger partial charge < -0.3 is 15.7 Å². The largest absolute Gasteiger partial charge is 0.480 e. The number of hydrogen-bond acceptors (Lipinski definition) is 7. The molecule has 0 fully saturated rings. The van der Waals surface area contributed by atoms with E-state index in [1.807, 2.05) is 44.2 Å². The third kappa shape index (κ3) is 7.00. The molecule has 0 spiro atoms. The van der Waals surface area contributed by atoms with Gasteiger partial charge >= 0.3 is 5.97 Å². The zero-order valence-corrected chi connectivity index (χ0v) is 21.6. The van der Waals surface area contributed by atoms with Crippen LogP contribution in [-0.2, 0) is 27.2 Å². The van der Waals surface area contributed by atoms with Crippen molar-refractivity contribution in [2.24, 2.45) is 11.7 Å². The van der Waals surface area contributed by atoms with Gasteiger partial charge in [-0.3, -0.25) is 34.6 Å². The lowest BCUT2D eigenvalue weighted by atomic mass is 9.98. The Kier molecular flexibility index (Phi) is 9.30. The number of aliphatic carboxylic acids is 1. The summed E-state index contributed by atoms with van der Waals surface area (Å²) in [7, 11) is 1.49. The number of likely N-dealkylation sites (N-methyl/N-ethyl adjacent to an activating group) is 1. The Balaban J connectivity index is 1.74. The van der Waals surface area contributed by atoms with Crippen LogP contribution in [0.3, 0.4) is 0 Å². The Morgan fingerprint density at radius 3 is 2.34 bits per heavy atom. The fraction of sp³-hybridized carbons (Fsp3) is 0.407. The highest BCUT2D eigenvalue weighted by molar-refractivity contribution is 6.20. The number of hydrogen-bond donors (Lipinski definition) is 4. The first-order valence-corrected chi connectivity index (χ1v) is 12.4. The van der Waals surface area contributed by atoms with E-state index in [4.69, 9.17) is 5.73 Å². The van der Waals surface area contributed by atoms with Crippen molar-refractivity contribution in [3.05, 3.63) is 65.0 Å². The van der Waals surface area contributed by atoms with Crippen molar-refractivity contribution in [1.29, 1.82) is 0 Å². The minimum absolute atomic E-state index is 0.0118. The quantitative estimate of drug-likeness (QED) is 0.281. The van der Waals surface area contributed by atoms with E-state index in [1.54, 1.807) is 6.07 Å². The van der Waals surface area contributed by atoms with E-state index in [9.17, 15) is 29.1 Å². The monoisotopic (exact) mass is 523 g/mol. The lowest BCUT2D eigenvalue weighted by molar-refractivity contribution is -0.143. The predicted octanol–water partition coefficient (Wildman–Crippen LogP) is 0.910. The van der Waals surface area contributed by atoms with Gasteiger partial charge in [0.1, 0.15) is 17.8 Å². The lowest BCUT2D eigenvalue weighted by Crippen LogP contribution is -2.56. The molecule has 1 aliphatic rings. The second kappa shape index (κ2) is 12.4. The number of nitrogens with two attached hydrogens (primary N) is 1. The van der Waals surface area contributed by atoms with Gasteiger partial charge in [0.15, 0.2) is 0 Å². The van der Waals surface area contributed by atoms with Crippen molar-refractivity contribution < 1.29 is 29.1 Å². The van der Waals surface area contributed by atoms with E-state index in [2.05, 4.69) is 15.6 Å². The van der Waals surface area contributed by atoms with Crippen LogP contribution in [0, 0.1) is 5.92 Å². The molecule has 3 atom stereocenters. The molecule has 0 radical (unpaired) electrons. The van der Waals surface area contributed by atoms with Crippen LogP contribution in [0.2, 0.25) is 0 Å². The minimum atomic E-state index is -1.15. The number of rotatable bonds is 13. The maximum atomic E-state index is 13.5. The van der Waals surface area contributed by atoms with E-state index in [1.165, 1.54) is 18.0 Å². The summed E-state index contributed by atoms with van der Waals surface area (Å²) in [4.78, 5) is 67.0. The van der Waals surface area contributed by atoms with Crippen LogP contribution in [0.15, 0.2) is 42.5 Å². The van der Waals surface area contributed by atoms with Crippen molar-refractivity contribution in [2.75, 3.05) is 7.05 Å². The fourth-order valence-electron chi connectivity index (χ4n) is 4.41.